The number of fused-ring (bicyclic) bond motifs is 1. The number of para-hydroxylation sites is 1. The van der Waals surface area contributed by atoms with Gasteiger partial charge in [-0.1, -0.05) is 12.1 Å². The molecule has 3 rings (SSSR count). The number of benzene rings is 1. The minimum atomic E-state index is -5.02. The average Bonchev–Trinajstić information content (AvgIpc) is 2.83. The number of amides is 1. The molecule has 0 aromatic heterocycles. The Morgan fingerprint density at radius 3 is 2.50 bits per heavy atom. The van der Waals surface area contributed by atoms with Gasteiger partial charge in [0.2, 0.25) is 5.91 Å². The van der Waals surface area contributed by atoms with Crippen LogP contribution in [0.4, 0.5) is 18.9 Å². The highest BCUT2D eigenvalue weighted by Crippen LogP contribution is 2.28. The Morgan fingerprint density at radius 1 is 1.10 bits per heavy atom. The number of nitrogens with zero attached hydrogens (tertiary/aromatic N) is 2. The lowest BCUT2D eigenvalue weighted by molar-refractivity contribution is -1.09. The lowest BCUT2D eigenvalue weighted by Gasteiger charge is -2.37. The maximum Gasteiger partial charge on any atom is 0.497 e. The molecule has 2 heterocycles. The summed E-state index contributed by atoms with van der Waals surface area (Å²) in [5, 5.41) is 0. The molecular formula is C20H24F3N2O4S+. The van der Waals surface area contributed by atoms with Crippen LogP contribution in [0.5, 0.6) is 0 Å². The Kier molecular flexibility index (Phi) is 7.07. The molecule has 10 heteroatoms. The first-order valence-corrected chi connectivity index (χ1v) is 11.0. The van der Waals surface area contributed by atoms with Crippen molar-refractivity contribution in [2.24, 2.45) is 0 Å². The van der Waals surface area contributed by atoms with E-state index in [1.807, 2.05) is 0 Å². The van der Waals surface area contributed by atoms with Crippen molar-refractivity contribution in [1.82, 2.24) is 0 Å². The van der Waals surface area contributed by atoms with Crippen LogP contribution >= 0.6 is 11.8 Å². The highest BCUT2D eigenvalue weighted by Gasteiger charge is 2.48. The van der Waals surface area contributed by atoms with Crippen molar-refractivity contribution in [2.75, 3.05) is 42.6 Å². The van der Waals surface area contributed by atoms with E-state index >= 15 is 0 Å². The van der Waals surface area contributed by atoms with Crippen molar-refractivity contribution in [3.63, 3.8) is 0 Å². The molecule has 2 aliphatic rings. The van der Waals surface area contributed by atoms with Gasteiger partial charge < -0.3 is 4.90 Å². The second-order valence-electron chi connectivity index (χ2n) is 7.41. The lowest BCUT2D eigenvalue weighted by Crippen LogP contribution is -2.56. The first kappa shape index (κ1) is 22.6. The maximum atomic E-state index is 12.7. The second kappa shape index (κ2) is 9.38. The zero-order valence-corrected chi connectivity index (χ0v) is 17.3. The number of thioether (sulfide) groups is 1. The Labute approximate surface area is 176 Å². The van der Waals surface area contributed by atoms with Crippen LogP contribution in [0.25, 0.3) is 0 Å². The van der Waals surface area contributed by atoms with Crippen molar-refractivity contribution in [2.45, 2.75) is 31.9 Å². The van der Waals surface area contributed by atoms with Gasteiger partial charge in [0.05, 0.1) is 5.69 Å². The number of anilines is 1. The predicted molar refractivity (Wildman–Crippen MR) is 106 cm³/mol. The molecule has 0 radical (unpaired) electrons. The van der Waals surface area contributed by atoms with Crippen LogP contribution in [0.1, 0.15) is 36.0 Å². The Hall–Kier alpha value is -2.07. The Bertz CT molecular complexity index is 809. The summed E-state index contributed by atoms with van der Waals surface area (Å²) in [6.07, 6.45) is -3.73. The third kappa shape index (κ3) is 5.34. The maximum absolute atomic E-state index is 12.7. The molecule has 1 fully saturated rings. The van der Waals surface area contributed by atoms with Gasteiger partial charge in [0.25, 0.3) is 0 Å². The van der Waals surface area contributed by atoms with Crippen molar-refractivity contribution in [1.29, 1.82) is 0 Å². The van der Waals surface area contributed by atoms with E-state index in [9.17, 15) is 27.6 Å². The molecule has 30 heavy (non-hydrogen) atoms. The van der Waals surface area contributed by atoms with Crippen LogP contribution in [0.3, 0.4) is 0 Å². The molecule has 0 saturated carbocycles. The zero-order chi connectivity index (χ0) is 21.8. The van der Waals surface area contributed by atoms with E-state index in [0.29, 0.717) is 55.2 Å². The quantitative estimate of drug-likeness (QED) is 0.496. The summed E-state index contributed by atoms with van der Waals surface area (Å²) in [6.45, 7) is 1.26. The summed E-state index contributed by atoms with van der Waals surface area (Å²) in [4.78, 5) is 42.6. The van der Waals surface area contributed by atoms with E-state index in [4.69, 9.17) is 4.84 Å². The Balaban J connectivity index is 1.63. The number of carbonyl (C=O) groups is 3. The number of hydroxylamine groups is 3. The van der Waals surface area contributed by atoms with Crippen molar-refractivity contribution in [3.05, 3.63) is 29.8 Å². The van der Waals surface area contributed by atoms with Crippen LogP contribution in [-0.4, -0.2) is 66.2 Å². The molecule has 0 N–H and O–H groups in total. The smallest absolute Gasteiger partial charge is 0.312 e. The summed E-state index contributed by atoms with van der Waals surface area (Å²) >= 11 is 1.62. The third-order valence-corrected chi connectivity index (χ3v) is 6.30. The molecule has 164 valence electrons. The first-order chi connectivity index (χ1) is 14.2. The van der Waals surface area contributed by atoms with Gasteiger partial charge in [-0.3, -0.25) is 14.4 Å². The number of alkyl halides is 3. The number of hydrogen-bond donors (Lipinski definition) is 0. The fraction of sp³-hybridized carbons (Fsp3) is 0.550. The van der Waals surface area contributed by atoms with E-state index in [-0.39, 0.29) is 35.7 Å². The number of halogens is 3. The molecule has 0 bridgehead atoms. The van der Waals surface area contributed by atoms with Gasteiger partial charge in [-0.15, -0.1) is 16.4 Å². The molecule has 1 amide bonds. The van der Waals surface area contributed by atoms with Gasteiger partial charge in [0.1, 0.15) is 19.6 Å². The number of ketones is 1. The van der Waals surface area contributed by atoms with Crippen molar-refractivity contribution < 1.29 is 37.0 Å². The standard InChI is InChI=1S/C20H24F3N2O4S/c21-20(22,23)19(28)29-25(11-13-30-14-12-25)10-4-3-9-24-16-6-2-1-5-15(16)17(26)7-8-18(24)27/h1-2,5-6H,3-4,7-14H2/q+1. The van der Waals surface area contributed by atoms with Crippen LogP contribution in [0.15, 0.2) is 24.3 Å². The van der Waals surface area contributed by atoms with Crippen LogP contribution in [0, 0.1) is 0 Å². The average molecular weight is 445 g/mol. The van der Waals surface area contributed by atoms with E-state index in [1.165, 1.54) is 0 Å². The number of unbranched alkanes of at least 4 members (excludes halogenated alkanes) is 1. The topological polar surface area (TPSA) is 63.7 Å². The minimum Gasteiger partial charge on any atom is -0.312 e. The minimum absolute atomic E-state index is 0.0733. The second-order valence-corrected chi connectivity index (χ2v) is 8.64. The summed E-state index contributed by atoms with van der Waals surface area (Å²) in [6, 6.07) is 6.95. The number of Topliss-reactive ketones (excluding diaryl/α,β-unsaturated/α-hetero) is 1. The summed E-state index contributed by atoms with van der Waals surface area (Å²) in [5.74, 6) is -1.15. The summed E-state index contributed by atoms with van der Waals surface area (Å²) in [5.41, 5.74) is 1.09. The summed E-state index contributed by atoms with van der Waals surface area (Å²) < 4.78 is 37.8. The molecule has 1 saturated heterocycles. The predicted octanol–water partition coefficient (Wildman–Crippen LogP) is 3.36. The fourth-order valence-electron chi connectivity index (χ4n) is 3.75. The van der Waals surface area contributed by atoms with Gasteiger partial charge in [0, 0.05) is 42.9 Å². The lowest BCUT2D eigenvalue weighted by atomic mass is 10.1. The van der Waals surface area contributed by atoms with E-state index in [1.54, 1.807) is 40.9 Å². The Morgan fingerprint density at radius 2 is 1.80 bits per heavy atom. The molecule has 2 aliphatic heterocycles. The molecule has 1 aromatic rings. The number of rotatable bonds is 6. The van der Waals surface area contributed by atoms with Gasteiger partial charge in [-0.05, 0) is 18.6 Å². The van der Waals surface area contributed by atoms with Crippen LogP contribution in [-0.2, 0) is 14.4 Å². The highest BCUT2D eigenvalue weighted by atomic mass is 32.2. The SMILES string of the molecule is O=C1CCC(=O)N(CCCC[N+]2(OC(=O)C(F)(F)F)CCSCC2)c2ccccc21. The molecular weight excluding hydrogens is 421 g/mol. The van der Waals surface area contributed by atoms with Crippen molar-refractivity contribution in [3.8, 4) is 0 Å². The van der Waals surface area contributed by atoms with E-state index < -0.39 is 12.1 Å². The van der Waals surface area contributed by atoms with Crippen molar-refractivity contribution >= 4 is 35.1 Å². The van der Waals surface area contributed by atoms with Gasteiger partial charge in [0.15, 0.2) is 5.78 Å². The molecule has 0 unspecified atom stereocenters. The molecule has 1 aromatic carbocycles. The highest BCUT2D eigenvalue weighted by molar-refractivity contribution is 7.99. The first-order valence-electron chi connectivity index (χ1n) is 9.89. The largest absolute Gasteiger partial charge is 0.497 e. The van der Waals surface area contributed by atoms with Gasteiger partial charge in [-0.25, -0.2) is 4.79 Å². The number of quaternary nitrogens is 1. The van der Waals surface area contributed by atoms with Gasteiger partial charge in [-0.2, -0.15) is 13.2 Å². The zero-order valence-electron chi connectivity index (χ0n) is 16.5. The fourth-order valence-corrected chi connectivity index (χ4v) is 4.88. The normalized spacial score (nSPS) is 19.2. The molecule has 0 aliphatic carbocycles. The summed E-state index contributed by atoms with van der Waals surface area (Å²) in [7, 11) is 0. The third-order valence-electron chi connectivity index (χ3n) is 5.35. The van der Waals surface area contributed by atoms with E-state index in [0.717, 1.165) is 0 Å². The molecule has 0 atom stereocenters. The number of hydrogen-bond acceptors (Lipinski definition) is 5. The molecule has 0 spiro atoms. The van der Waals surface area contributed by atoms with Crippen LogP contribution in [0.2, 0.25) is 0 Å². The monoisotopic (exact) mass is 445 g/mol. The van der Waals surface area contributed by atoms with Gasteiger partial charge >= 0.3 is 12.1 Å². The van der Waals surface area contributed by atoms with Crippen LogP contribution < -0.4 is 4.90 Å². The number of carbonyl (C=O) groups excluding carboxylic acids is 3. The van der Waals surface area contributed by atoms with E-state index in [2.05, 4.69) is 0 Å². The molecule has 6 nitrogen and oxygen atoms in total.